The highest BCUT2D eigenvalue weighted by Crippen LogP contribution is 2.56. The number of aromatic nitrogens is 1. The summed E-state index contributed by atoms with van der Waals surface area (Å²) in [7, 11) is -1.70. The number of amides is 1. The van der Waals surface area contributed by atoms with E-state index in [1.165, 1.54) is 71.9 Å². The molecule has 5 heteroatoms. The van der Waals surface area contributed by atoms with Gasteiger partial charge in [-0.2, -0.15) is 0 Å². The first-order chi connectivity index (χ1) is 18.3. The summed E-state index contributed by atoms with van der Waals surface area (Å²) in [6.45, 7) is 0. The van der Waals surface area contributed by atoms with Gasteiger partial charge in [0, 0.05) is 18.0 Å². The Bertz CT molecular complexity index is 1070. The lowest BCUT2D eigenvalue weighted by Crippen LogP contribution is -2.33. The van der Waals surface area contributed by atoms with Crippen LogP contribution in [0.4, 0.5) is 5.13 Å². The van der Waals surface area contributed by atoms with Gasteiger partial charge in [-0.15, -0.1) is 11.3 Å². The van der Waals surface area contributed by atoms with E-state index in [2.05, 4.69) is 101 Å². The van der Waals surface area contributed by atoms with Gasteiger partial charge in [0.2, 0.25) is 5.91 Å². The van der Waals surface area contributed by atoms with E-state index >= 15 is 0 Å². The molecule has 4 aromatic rings. The lowest BCUT2D eigenvalue weighted by Gasteiger charge is -2.27. The molecule has 0 saturated carbocycles. The van der Waals surface area contributed by atoms with Crippen molar-refractivity contribution in [1.29, 1.82) is 0 Å². The quantitative estimate of drug-likeness (QED) is 0.127. The van der Waals surface area contributed by atoms with E-state index in [0.29, 0.717) is 11.6 Å². The third kappa shape index (κ3) is 7.84. The van der Waals surface area contributed by atoms with Crippen molar-refractivity contribution in [2.75, 3.05) is 11.5 Å². The average Bonchev–Trinajstić information content (AvgIpc) is 3.46. The summed E-state index contributed by atoms with van der Waals surface area (Å²) in [5.74, 6) is 0.0806. The zero-order chi connectivity index (χ0) is 25.6. The van der Waals surface area contributed by atoms with Crippen LogP contribution in [0.15, 0.2) is 103 Å². The van der Waals surface area contributed by atoms with Crippen molar-refractivity contribution in [3.8, 4) is 0 Å². The summed E-state index contributed by atoms with van der Waals surface area (Å²) in [5, 5.41) is 9.87. The second kappa shape index (κ2) is 14.8. The van der Waals surface area contributed by atoms with Gasteiger partial charge < -0.3 is 5.32 Å². The molecule has 4 rings (SSSR count). The Morgan fingerprint density at radius 1 is 0.649 bits per heavy atom. The maximum atomic E-state index is 12.0. The molecule has 3 aromatic carbocycles. The van der Waals surface area contributed by atoms with Crippen LogP contribution < -0.4 is 21.2 Å². The van der Waals surface area contributed by atoms with Crippen LogP contribution in [-0.4, -0.2) is 17.1 Å². The molecule has 0 radical (unpaired) electrons. The van der Waals surface area contributed by atoms with Crippen LogP contribution in [0.5, 0.6) is 0 Å². The normalized spacial score (nSPS) is 11.4. The molecule has 1 amide bonds. The van der Waals surface area contributed by atoms with Gasteiger partial charge >= 0.3 is 0 Å². The Balaban J connectivity index is 1.25. The fraction of sp³-hybridized carbons (Fsp3) is 0.312. The van der Waals surface area contributed by atoms with Crippen LogP contribution in [0.1, 0.15) is 57.8 Å². The minimum absolute atomic E-state index is 0.0806. The number of nitrogens with zero attached hydrogens (tertiary/aromatic N) is 1. The van der Waals surface area contributed by atoms with Gasteiger partial charge in [-0.05, 0) is 55.7 Å². The van der Waals surface area contributed by atoms with Crippen molar-refractivity contribution in [3.63, 3.8) is 0 Å². The topological polar surface area (TPSA) is 42.0 Å². The summed E-state index contributed by atoms with van der Waals surface area (Å²) in [6, 6.07) is 33.6. The number of hydrogen-bond donors (Lipinski definition) is 1. The number of anilines is 1. The zero-order valence-corrected chi connectivity index (χ0v) is 23.3. The molecule has 192 valence electrons. The molecule has 3 nitrogen and oxygen atoms in total. The van der Waals surface area contributed by atoms with Crippen molar-refractivity contribution in [1.82, 2.24) is 4.98 Å². The molecule has 0 atom stereocenters. The first-order valence-corrected chi connectivity index (χ1v) is 16.4. The molecule has 0 saturated heterocycles. The number of hydrogen-bond acceptors (Lipinski definition) is 3. The Labute approximate surface area is 226 Å². The summed E-state index contributed by atoms with van der Waals surface area (Å²) < 4.78 is 0. The number of carbonyl (C=O) groups excluding carboxylic acids is 1. The molecule has 1 N–H and O–H groups in total. The minimum Gasteiger partial charge on any atom is -0.302 e. The second-order valence-corrected chi connectivity index (χ2v) is 14.0. The number of rotatable bonds is 15. The maximum Gasteiger partial charge on any atom is 0.226 e. The van der Waals surface area contributed by atoms with Crippen molar-refractivity contribution in [3.05, 3.63) is 103 Å². The third-order valence-corrected chi connectivity index (χ3v) is 12.1. The average molecular weight is 530 g/mol. The summed E-state index contributed by atoms with van der Waals surface area (Å²) in [5.41, 5.74) is 0. The Hall–Kier alpha value is -2.81. The van der Waals surface area contributed by atoms with Gasteiger partial charge in [0.05, 0.1) is 6.16 Å². The molecule has 0 aliphatic carbocycles. The van der Waals surface area contributed by atoms with E-state index in [0.717, 1.165) is 12.8 Å². The summed E-state index contributed by atoms with van der Waals surface area (Å²) >= 11 is 1.46. The van der Waals surface area contributed by atoms with Gasteiger partial charge in [-0.1, -0.05) is 86.7 Å². The van der Waals surface area contributed by atoms with Gasteiger partial charge in [-0.25, -0.2) is 4.98 Å². The highest BCUT2D eigenvalue weighted by Gasteiger charge is 2.44. The molecule has 0 aliphatic heterocycles. The lowest BCUT2D eigenvalue weighted by atomic mass is 10.1. The standard InChI is InChI=1S/C32H37N2OPS/c35-31(34-32-33-25-27-37-32)24-16-5-3-1-2-4-6-17-26-36(28-18-10-7-11-19-28,29-20-12-8-13-21-29)30-22-14-9-15-23-30/h7-15,18-23,25,27H,1-6,16-17,24,26H2/p+1. The van der Waals surface area contributed by atoms with E-state index in [-0.39, 0.29) is 5.91 Å². The molecular formula is C32H38N2OPS+. The van der Waals surface area contributed by atoms with Crippen molar-refractivity contribution < 1.29 is 4.79 Å². The highest BCUT2D eigenvalue weighted by atomic mass is 32.1. The summed E-state index contributed by atoms with van der Waals surface area (Å²) in [6.07, 6.45) is 13.1. The van der Waals surface area contributed by atoms with Gasteiger partial charge in [0.1, 0.15) is 23.2 Å². The molecule has 0 unspecified atom stereocenters. The monoisotopic (exact) mass is 529 g/mol. The molecular weight excluding hydrogens is 491 g/mol. The summed E-state index contributed by atoms with van der Waals surface area (Å²) in [4.78, 5) is 16.1. The number of unbranched alkanes of at least 4 members (excludes halogenated alkanes) is 7. The third-order valence-electron chi connectivity index (χ3n) is 6.92. The van der Waals surface area contributed by atoms with Crippen LogP contribution in [0.3, 0.4) is 0 Å². The number of thiazole rings is 1. The van der Waals surface area contributed by atoms with E-state index < -0.39 is 7.26 Å². The van der Waals surface area contributed by atoms with Crippen LogP contribution in [0.2, 0.25) is 0 Å². The highest BCUT2D eigenvalue weighted by molar-refractivity contribution is 7.95. The second-order valence-electron chi connectivity index (χ2n) is 9.50. The Kier molecular flexibility index (Phi) is 10.9. The fourth-order valence-electron chi connectivity index (χ4n) is 5.04. The Morgan fingerprint density at radius 2 is 1.11 bits per heavy atom. The lowest BCUT2D eigenvalue weighted by molar-refractivity contribution is -0.116. The van der Waals surface area contributed by atoms with E-state index in [9.17, 15) is 4.79 Å². The zero-order valence-electron chi connectivity index (χ0n) is 21.6. The predicted octanol–water partition coefficient (Wildman–Crippen LogP) is 7.59. The molecule has 1 aromatic heterocycles. The van der Waals surface area contributed by atoms with E-state index in [1.54, 1.807) is 6.20 Å². The van der Waals surface area contributed by atoms with Crippen LogP contribution >= 0.6 is 18.6 Å². The largest absolute Gasteiger partial charge is 0.302 e. The molecule has 0 spiro atoms. The molecule has 0 aliphatic rings. The van der Waals surface area contributed by atoms with Crippen molar-refractivity contribution in [2.45, 2.75) is 57.8 Å². The van der Waals surface area contributed by atoms with Crippen molar-refractivity contribution in [2.24, 2.45) is 0 Å². The molecule has 0 bridgehead atoms. The SMILES string of the molecule is O=C(CCCCCCCCCC[P+](c1ccccc1)(c1ccccc1)c1ccccc1)Nc1nccs1. The van der Waals surface area contributed by atoms with Crippen molar-refractivity contribution >= 4 is 45.6 Å². The van der Waals surface area contributed by atoms with Crippen LogP contribution in [0, 0.1) is 0 Å². The first kappa shape index (κ1) is 27.2. The minimum atomic E-state index is -1.70. The van der Waals surface area contributed by atoms with Gasteiger partial charge in [0.25, 0.3) is 0 Å². The van der Waals surface area contributed by atoms with Gasteiger partial charge in [0.15, 0.2) is 5.13 Å². The van der Waals surface area contributed by atoms with E-state index in [1.807, 2.05) is 5.38 Å². The fourth-order valence-corrected chi connectivity index (χ4v) is 10.00. The number of carbonyl (C=O) groups is 1. The number of nitrogens with one attached hydrogen (secondary N) is 1. The van der Waals surface area contributed by atoms with Gasteiger partial charge in [-0.3, -0.25) is 4.79 Å². The molecule has 37 heavy (non-hydrogen) atoms. The maximum absolute atomic E-state index is 12.0. The Morgan fingerprint density at radius 3 is 1.57 bits per heavy atom. The predicted molar refractivity (Wildman–Crippen MR) is 162 cm³/mol. The molecule has 1 heterocycles. The van der Waals surface area contributed by atoms with Crippen LogP contribution in [0.25, 0.3) is 0 Å². The van der Waals surface area contributed by atoms with Crippen LogP contribution in [-0.2, 0) is 4.79 Å². The first-order valence-electron chi connectivity index (χ1n) is 13.5. The van der Waals surface area contributed by atoms with E-state index in [4.69, 9.17) is 0 Å². The molecule has 0 fully saturated rings. The number of benzene rings is 3. The smallest absolute Gasteiger partial charge is 0.226 e.